The summed E-state index contributed by atoms with van der Waals surface area (Å²) in [5.41, 5.74) is 9.60. The molecule has 2 rings (SSSR count). The molecule has 0 saturated heterocycles. The van der Waals surface area contributed by atoms with Crippen molar-refractivity contribution in [2.45, 2.75) is 32.2 Å². The maximum absolute atomic E-state index is 6.19. The number of rotatable bonds is 4. The molecule has 0 amide bonds. The van der Waals surface area contributed by atoms with Crippen LogP contribution in [-0.4, -0.2) is 15.0 Å². The van der Waals surface area contributed by atoms with E-state index >= 15 is 0 Å². The van der Waals surface area contributed by atoms with E-state index in [-0.39, 0.29) is 6.04 Å². The van der Waals surface area contributed by atoms with Crippen molar-refractivity contribution in [3.8, 4) is 0 Å². The molecule has 18 heavy (non-hydrogen) atoms. The molecule has 0 aliphatic rings. The average Bonchev–Trinajstić information content (AvgIpc) is 2.75. The van der Waals surface area contributed by atoms with Gasteiger partial charge in [-0.05, 0) is 17.0 Å². The Kier molecular flexibility index (Phi) is 3.77. The van der Waals surface area contributed by atoms with Crippen molar-refractivity contribution < 1.29 is 0 Å². The van der Waals surface area contributed by atoms with E-state index in [2.05, 4.69) is 48.4 Å². The highest BCUT2D eigenvalue weighted by molar-refractivity contribution is 5.27. The van der Waals surface area contributed by atoms with Crippen LogP contribution in [-0.2, 0) is 13.5 Å². The predicted octanol–water partition coefficient (Wildman–Crippen LogP) is 2.18. The van der Waals surface area contributed by atoms with Gasteiger partial charge in [-0.15, -0.1) is 5.10 Å². The maximum Gasteiger partial charge on any atom is 0.0845 e. The monoisotopic (exact) mass is 244 g/mol. The zero-order chi connectivity index (χ0) is 13.1. The van der Waals surface area contributed by atoms with Gasteiger partial charge in [0.1, 0.15) is 0 Å². The predicted molar refractivity (Wildman–Crippen MR) is 72.2 cm³/mol. The average molecular weight is 244 g/mol. The number of aryl methyl sites for hydroxylation is 1. The first kappa shape index (κ1) is 12.8. The van der Waals surface area contributed by atoms with Gasteiger partial charge < -0.3 is 5.73 Å². The number of hydrogen-bond donors (Lipinski definition) is 1. The van der Waals surface area contributed by atoms with Gasteiger partial charge in [0.25, 0.3) is 0 Å². The van der Waals surface area contributed by atoms with E-state index in [0.717, 1.165) is 17.7 Å². The van der Waals surface area contributed by atoms with Crippen LogP contribution < -0.4 is 5.73 Å². The zero-order valence-electron chi connectivity index (χ0n) is 11.2. The first-order valence-electron chi connectivity index (χ1n) is 6.27. The Morgan fingerprint density at radius 1 is 1.17 bits per heavy atom. The van der Waals surface area contributed by atoms with Crippen molar-refractivity contribution in [2.24, 2.45) is 12.8 Å². The minimum Gasteiger partial charge on any atom is -0.324 e. The molecule has 96 valence electrons. The largest absolute Gasteiger partial charge is 0.324 e. The lowest BCUT2D eigenvalue weighted by molar-refractivity contribution is 0.693. The normalized spacial score (nSPS) is 12.9. The van der Waals surface area contributed by atoms with Crippen LogP contribution in [0, 0.1) is 0 Å². The lowest BCUT2D eigenvalue weighted by Gasteiger charge is -2.12. The molecule has 0 bridgehead atoms. The molecule has 2 aromatic rings. The second-order valence-electron chi connectivity index (χ2n) is 5.02. The quantitative estimate of drug-likeness (QED) is 0.896. The fraction of sp³-hybridized carbons (Fsp3) is 0.429. The third kappa shape index (κ3) is 2.96. The highest BCUT2D eigenvalue weighted by atomic mass is 15.4. The number of aromatic nitrogens is 3. The molecule has 4 nitrogen and oxygen atoms in total. The number of hydrogen-bond acceptors (Lipinski definition) is 3. The molecule has 0 fully saturated rings. The third-order valence-corrected chi connectivity index (χ3v) is 3.11. The minimum absolute atomic E-state index is 0.0251. The summed E-state index contributed by atoms with van der Waals surface area (Å²) in [7, 11) is 1.86. The number of nitrogens with two attached hydrogens (primary N) is 1. The molecule has 0 saturated carbocycles. The Bertz CT molecular complexity index is 499. The molecule has 1 aromatic carbocycles. The van der Waals surface area contributed by atoms with Crippen LogP contribution in [0.4, 0.5) is 0 Å². The Morgan fingerprint density at radius 3 is 2.28 bits per heavy atom. The summed E-state index contributed by atoms with van der Waals surface area (Å²) in [6.45, 7) is 4.38. The SMILES string of the molecule is CC(C)c1ccc(C(N)Cc2cn(C)nn2)cc1. The molecular weight excluding hydrogens is 224 g/mol. The van der Waals surface area contributed by atoms with E-state index in [1.54, 1.807) is 4.68 Å². The lowest BCUT2D eigenvalue weighted by atomic mass is 9.98. The third-order valence-electron chi connectivity index (χ3n) is 3.11. The number of nitrogens with zero attached hydrogens (tertiary/aromatic N) is 3. The summed E-state index contributed by atoms with van der Waals surface area (Å²) in [6.07, 6.45) is 2.62. The van der Waals surface area contributed by atoms with E-state index in [1.165, 1.54) is 5.56 Å². The van der Waals surface area contributed by atoms with Crippen LogP contribution in [0.1, 0.15) is 42.6 Å². The minimum atomic E-state index is -0.0251. The summed E-state index contributed by atoms with van der Waals surface area (Å²) in [4.78, 5) is 0. The summed E-state index contributed by atoms with van der Waals surface area (Å²) in [6, 6.07) is 8.49. The van der Waals surface area contributed by atoms with E-state index in [0.29, 0.717) is 5.92 Å². The van der Waals surface area contributed by atoms with Crippen LogP contribution in [0.15, 0.2) is 30.5 Å². The molecule has 0 aliphatic carbocycles. The second-order valence-corrected chi connectivity index (χ2v) is 5.02. The fourth-order valence-corrected chi connectivity index (χ4v) is 1.96. The Morgan fingerprint density at radius 2 is 1.78 bits per heavy atom. The molecule has 1 heterocycles. The van der Waals surface area contributed by atoms with Gasteiger partial charge in [-0.3, -0.25) is 4.68 Å². The first-order chi connectivity index (χ1) is 8.56. The van der Waals surface area contributed by atoms with Crippen LogP contribution in [0.5, 0.6) is 0 Å². The summed E-state index contributed by atoms with van der Waals surface area (Å²) >= 11 is 0. The second kappa shape index (κ2) is 5.31. The zero-order valence-corrected chi connectivity index (χ0v) is 11.2. The van der Waals surface area contributed by atoms with Gasteiger partial charge in [0.2, 0.25) is 0 Å². The highest BCUT2D eigenvalue weighted by Crippen LogP contribution is 2.19. The van der Waals surface area contributed by atoms with Crippen LogP contribution in [0.3, 0.4) is 0 Å². The smallest absolute Gasteiger partial charge is 0.0845 e. The topological polar surface area (TPSA) is 56.7 Å². The molecular formula is C14H20N4. The Balaban J connectivity index is 2.06. The van der Waals surface area contributed by atoms with Crippen LogP contribution in [0.2, 0.25) is 0 Å². The van der Waals surface area contributed by atoms with Gasteiger partial charge in [0.15, 0.2) is 0 Å². The van der Waals surface area contributed by atoms with Gasteiger partial charge >= 0.3 is 0 Å². The Labute approximate surface area is 108 Å². The molecule has 0 spiro atoms. The number of benzene rings is 1. The molecule has 1 aromatic heterocycles. The van der Waals surface area contributed by atoms with Crippen molar-refractivity contribution in [3.63, 3.8) is 0 Å². The van der Waals surface area contributed by atoms with Crippen molar-refractivity contribution in [3.05, 3.63) is 47.3 Å². The van der Waals surface area contributed by atoms with Crippen molar-refractivity contribution >= 4 is 0 Å². The van der Waals surface area contributed by atoms with E-state index < -0.39 is 0 Å². The summed E-state index contributed by atoms with van der Waals surface area (Å²) in [5.74, 6) is 0.551. The fourth-order valence-electron chi connectivity index (χ4n) is 1.96. The van der Waals surface area contributed by atoms with Gasteiger partial charge in [0.05, 0.1) is 5.69 Å². The molecule has 1 atom stereocenters. The maximum atomic E-state index is 6.19. The highest BCUT2D eigenvalue weighted by Gasteiger charge is 2.10. The molecule has 0 aliphatic heterocycles. The van der Waals surface area contributed by atoms with Gasteiger partial charge in [-0.25, -0.2) is 0 Å². The van der Waals surface area contributed by atoms with Gasteiger partial charge in [-0.1, -0.05) is 43.3 Å². The van der Waals surface area contributed by atoms with E-state index in [1.807, 2.05) is 13.2 Å². The standard InChI is InChI=1S/C14H20N4/c1-10(2)11-4-6-12(7-5-11)14(15)8-13-9-18(3)17-16-13/h4-7,9-10,14H,8,15H2,1-3H3. The van der Waals surface area contributed by atoms with Crippen molar-refractivity contribution in [2.75, 3.05) is 0 Å². The molecule has 2 N–H and O–H groups in total. The molecule has 1 unspecified atom stereocenters. The Hall–Kier alpha value is -1.68. The summed E-state index contributed by atoms with van der Waals surface area (Å²) in [5, 5.41) is 7.97. The van der Waals surface area contributed by atoms with Gasteiger partial charge in [0, 0.05) is 25.7 Å². The van der Waals surface area contributed by atoms with Crippen molar-refractivity contribution in [1.29, 1.82) is 0 Å². The van der Waals surface area contributed by atoms with Crippen LogP contribution in [0.25, 0.3) is 0 Å². The lowest BCUT2D eigenvalue weighted by Crippen LogP contribution is -2.13. The van der Waals surface area contributed by atoms with E-state index in [4.69, 9.17) is 5.73 Å². The molecule has 0 radical (unpaired) electrons. The molecule has 4 heteroatoms. The first-order valence-corrected chi connectivity index (χ1v) is 6.27. The summed E-state index contributed by atoms with van der Waals surface area (Å²) < 4.78 is 1.70. The van der Waals surface area contributed by atoms with E-state index in [9.17, 15) is 0 Å². The van der Waals surface area contributed by atoms with Crippen molar-refractivity contribution in [1.82, 2.24) is 15.0 Å². The van der Waals surface area contributed by atoms with Gasteiger partial charge in [-0.2, -0.15) is 0 Å². The van der Waals surface area contributed by atoms with Crippen LogP contribution >= 0.6 is 0 Å².